The lowest BCUT2D eigenvalue weighted by Crippen LogP contribution is -2.09. The summed E-state index contributed by atoms with van der Waals surface area (Å²) in [4.78, 5) is 15.5. The van der Waals surface area contributed by atoms with Gasteiger partial charge in [0.25, 0.3) is 0 Å². The summed E-state index contributed by atoms with van der Waals surface area (Å²) >= 11 is 3.69. The molecule has 6 aromatic carbocycles. The predicted molar refractivity (Wildman–Crippen MR) is 213 cm³/mol. The van der Waals surface area contributed by atoms with Crippen molar-refractivity contribution in [2.24, 2.45) is 0 Å². The van der Waals surface area contributed by atoms with E-state index in [1.165, 1.54) is 62.6 Å². The van der Waals surface area contributed by atoms with Gasteiger partial charge in [0.05, 0.1) is 0 Å². The molecule has 236 valence electrons. The Hall–Kier alpha value is -5.75. The maximum atomic E-state index is 5.26. The second kappa shape index (κ2) is 12.0. The molecule has 0 saturated carbocycles. The SMILES string of the molecule is C1=CC(c2ccccc2)=CC(c2nc(-c3ccccc3)nc(-c3cc(-c4ccc5c(c4)sc4ccccc45)c4c(c3)sc3ccccc34)n2)C1. The van der Waals surface area contributed by atoms with E-state index < -0.39 is 0 Å². The van der Waals surface area contributed by atoms with Crippen molar-refractivity contribution in [1.82, 2.24) is 15.0 Å². The maximum absolute atomic E-state index is 5.26. The van der Waals surface area contributed by atoms with Crippen molar-refractivity contribution in [2.45, 2.75) is 12.3 Å². The predicted octanol–water partition coefficient (Wildman–Crippen LogP) is 12.7. The lowest BCUT2D eigenvalue weighted by atomic mass is 9.91. The van der Waals surface area contributed by atoms with Gasteiger partial charge < -0.3 is 0 Å². The number of nitrogens with zero attached hydrogens (tertiary/aromatic N) is 3. The molecule has 0 saturated heterocycles. The summed E-state index contributed by atoms with van der Waals surface area (Å²) < 4.78 is 5.11. The van der Waals surface area contributed by atoms with E-state index in [1.807, 2.05) is 40.9 Å². The number of thiophene rings is 2. The highest BCUT2D eigenvalue weighted by atomic mass is 32.1. The second-order valence-corrected chi connectivity index (χ2v) is 14.9. The number of hydrogen-bond donors (Lipinski definition) is 0. The fourth-order valence-corrected chi connectivity index (χ4v) is 9.51. The van der Waals surface area contributed by atoms with Gasteiger partial charge in [-0.1, -0.05) is 127 Å². The first kappa shape index (κ1) is 29.2. The van der Waals surface area contributed by atoms with Gasteiger partial charge in [0.2, 0.25) is 0 Å². The quantitative estimate of drug-likeness (QED) is 0.182. The van der Waals surface area contributed by atoms with Crippen molar-refractivity contribution in [2.75, 3.05) is 0 Å². The van der Waals surface area contributed by atoms with Gasteiger partial charge in [0.1, 0.15) is 5.82 Å². The van der Waals surface area contributed by atoms with Gasteiger partial charge in [-0.2, -0.15) is 0 Å². The van der Waals surface area contributed by atoms with Gasteiger partial charge in [-0.25, -0.2) is 15.0 Å². The second-order valence-electron chi connectivity index (χ2n) is 12.7. The molecule has 0 fully saturated rings. The molecule has 0 bridgehead atoms. The molecular formula is C45H29N3S2. The van der Waals surface area contributed by atoms with Crippen LogP contribution in [-0.2, 0) is 0 Å². The summed E-state index contributed by atoms with van der Waals surface area (Å²) in [5, 5.41) is 5.17. The highest BCUT2D eigenvalue weighted by Gasteiger charge is 2.21. The lowest BCUT2D eigenvalue weighted by Gasteiger charge is -2.18. The molecule has 1 atom stereocenters. The number of benzene rings is 6. The Balaban J connectivity index is 1.19. The van der Waals surface area contributed by atoms with Crippen molar-refractivity contribution in [3.8, 4) is 33.9 Å². The molecular weight excluding hydrogens is 647 g/mol. The summed E-state index contributed by atoms with van der Waals surface area (Å²) in [5.41, 5.74) is 6.76. The zero-order valence-electron chi connectivity index (χ0n) is 27.0. The Bertz CT molecular complexity index is 2790. The first-order chi connectivity index (χ1) is 24.7. The first-order valence-electron chi connectivity index (χ1n) is 16.9. The molecule has 50 heavy (non-hydrogen) atoms. The van der Waals surface area contributed by atoms with Crippen LogP contribution in [0.2, 0.25) is 0 Å². The molecule has 1 aliphatic carbocycles. The van der Waals surface area contributed by atoms with Crippen molar-refractivity contribution < 1.29 is 0 Å². The summed E-state index contributed by atoms with van der Waals surface area (Å²) in [7, 11) is 0. The topological polar surface area (TPSA) is 38.7 Å². The Morgan fingerprint density at radius 3 is 1.90 bits per heavy atom. The van der Waals surface area contributed by atoms with Crippen LogP contribution in [0.5, 0.6) is 0 Å². The van der Waals surface area contributed by atoms with Gasteiger partial charge >= 0.3 is 0 Å². The van der Waals surface area contributed by atoms with Crippen molar-refractivity contribution in [3.63, 3.8) is 0 Å². The van der Waals surface area contributed by atoms with Crippen LogP contribution < -0.4 is 0 Å². The van der Waals surface area contributed by atoms with Crippen LogP contribution in [0.1, 0.15) is 23.7 Å². The van der Waals surface area contributed by atoms with Gasteiger partial charge in [0, 0.05) is 57.4 Å². The molecule has 0 amide bonds. The number of aromatic nitrogens is 3. The number of rotatable bonds is 5. The molecule has 5 heteroatoms. The Kier molecular flexibility index (Phi) is 7.00. The molecule has 3 aromatic heterocycles. The summed E-state index contributed by atoms with van der Waals surface area (Å²) in [6, 6.07) is 49.8. The van der Waals surface area contributed by atoms with Crippen LogP contribution in [0.15, 0.2) is 158 Å². The van der Waals surface area contributed by atoms with Crippen LogP contribution in [0.4, 0.5) is 0 Å². The third-order valence-corrected chi connectivity index (χ3v) is 11.9. The molecule has 0 radical (unpaired) electrons. The highest BCUT2D eigenvalue weighted by Crippen LogP contribution is 2.44. The minimum absolute atomic E-state index is 0.0299. The van der Waals surface area contributed by atoms with Gasteiger partial charge in [-0.3, -0.25) is 0 Å². The number of allylic oxidation sites excluding steroid dienone is 4. The average Bonchev–Trinajstić information content (AvgIpc) is 3.76. The smallest absolute Gasteiger partial charge is 0.163 e. The van der Waals surface area contributed by atoms with E-state index in [2.05, 4.69) is 140 Å². The zero-order chi connectivity index (χ0) is 33.0. The van der Waals surface area contributed by atoms with Crippen molar-refractivity contribution >= 4 is 68.6 Å². The van der Waals surface area contributed by atoms with E-state index in [0.717, 1.165) is 23.4 Å². The summed E-state index contributed by atoms with van der Waals surface area (Å²) in [5.74, 6) is 2.21. The Morgan fingerprint density at radius 2 is 1.10 bits per heavy atom. The number of hydrogen-bond acceptors (Lipinski definition) is 5. The van der Waals surface area contributed by atoms with E-state index in [-0.39, 0.29) is 5.92 Å². The van der Waals surface area contributed by atoms with E-state index >= 15 is 0 Å². The fraction of sp³-hybridized carbons (Fsp3) is 0.0444. The molecule has 1 aliphatic rings. The Morgan fingerprint density at radius 1 is 0.480 bits per heavy atom. The summed E-state index contributed by atoms with van der Waals surface area (Å²) in [6.45, 7) is 0. The minimum atomic E-state index is 0.0299. The molecule has 3 nitrogen and oxygen atoms in total. The minimum Gasteiger partial charge on any atom is -0.212 e. The molecule has 0 N–H and O–H groups in total. The van der Waals surface area contributed by atoms with Crippen LogP contribution in [0, 0.1) is 0 Å². The molecule has 9 aromatic rings. The molecule has 3 heterocycles. The van der Waals surface area contributed by atoms with Crippen LogP contribution in [-0.4, -0.2) is 15.0 Å². The molecule has 0 aliphatic heterocycles. The third-order valence-electron chi connectivity index (χ3n) is 9.62. The fourth-order valence-electron chi connectivity index (χ4n) is 7.19. The normalized spacial score (nSPS) is 14.6. The average molecular weight is 676 g/mol. The molecule has 0 spiro atoms. The molecule has 10 rings (SSSR count). The van der Waals surface area contributed by atoms with Crippen LogP contribution in [0.25, 0.3) is 79.8 Å². The summed E-state index contributed by atoms with van der Waals surface area (Å²) in [6.07, 6.45) is 7.60. The Labute approximate surface area is 297 Å². The number of fused-ring (bicyclic) bond motifs is 6. The standard InChI is InChI=1S/C45H29N3S2/c1-3-12-28(13-4-1)30-16-11-17-32(24-30)44-46-43(29-14-5-2-6-15-29)47-45(48-44)33-25-37(42-36-19-8-10-21-39(36)50-41(42)27-33)31-22-23-35-34-18-7-9-20-38(34)49-40(35)26-31/h1-16,18-27,32H,17H2. The largest absolute Gasteiger partial charge is 0.212 e. The molecule has 1 unspecified atom stereocenters. The van der Waals surface area contributed by atoms with Crippen LogP contribution in [0.3, 0.4) is 0 Å². The lowest BCUT2D eigenvalue weighted by molar-refractivity contribution is 0.766. The van der Waals surface area contributed by atoms with Crippen LogP contribution >= 0.6 is 22.7 Å². The highest BCUT2D eigenvalue weighted by molar-refractivity contribution is 7.26. The van der Waals surface area contributed by atoms with Crippen molar-refractivity contribution in [1.29, 1.82) is 0 Å². The zero-order valence-corrected chi connectivity index (χ0v) is 28.6. The van der Waals surface area contributed by atoms with Gasteiger partial charge in [0.15, 0.2) is 11.6 Å². The third kappa shape index (κ3) is 5.06. The van der Waals surface area contributed by atoms with E-state index in [0.29, 0.717) is 11.6 Å². The van der Waals surface area contributed by atoms with Crippen molar-refractivity contribution in [3.05, 3.63) is 169 Å². The van der Waals surface area contributed by atoms with E-state index in [9.17, 15) is 0 Å². The maximum Gasteiger partial charge on any atom is 0.163 e. The first-order valence-corrected chi connectivity index (χ1v) is 18.5. The van der Waals surface area contributed by atoms with Gasteiger partial charge in [-0.15, -0.1) is 22.7 Å². The van der Waals surface area contributed by atoms with E-state index in [1.54, 1.807) is 0 Å². The van der Waals surface area contributed by atoms with E-state index in [4.69, 9.17) is 15.0 Å². The monoisotopic (exact) mass is 675 g/mol. The van der Waals surface area contributed by atoms with Gasteiger partial charge in [-0.05, 0) is 59.0 Å².